The number of rotatable bonds is 15. The fourth-order valence-corrected chi connectivity index (χ4v) is 5.36. The van der Waals surface area contributed by atoms with Gasteiger partial charge >= 0.3 is 0 Å². The van der Waals surface area contributed by atoms with E-state index in [1.54, 1.807) is 21.3 Å². The highest BCUT2D eigenvalue weighted by atomic mass is 16.5. The van der Waals surface area contributed by atoms with E-state index in [-0.39, 0.29) is 0 Å². The normalized spacial score (nSPS) is 11.2. The minimum Gasteiger partial charge on any atom is -0.497 e. The number of hydrogen-bond acceptors (Lipinski definition) is 3. The van der Waals surface area contributed by atoms with Crippen LogP contribution in [0.15, 0.2) is 103 Å². The molecule has 1 atom stereocenters. The number of hydrogen-bond donors (Lipinski definition) is 0. The number of methoxy groups -OCH3 is 3. The van der Waals surface area contributed by atoms with Crippen LogP contribution >= 0.6 is 0 Å². The van der Waals surface area contributed by atoms with Crippen molar-refractivity contribution in [1.82, 2.24) is 0 Å². The van der Waals surface area contributed by atoms with Crippen molar-refractivity contribution in [3.63, 3.8) is 0 Å². The molecule has 5 heteroatoms. The van der Waals surface area contributed by atoms with Gasteiger partial charge in [-0.1, -0.05) is 98.7 Å². The summed E-state index contributed by atoms with van der Waals surface area (Å²) in [5.41, 5.74) is 4.09. The molecule has 0 saturated carbocycles. The van der Waals surface area contributed by atoms with Gasteiger partial charge < -0.3 is 14.2 Å². The molecule has 1 heterocycles. The average Bonchev–Trinajstić information content (AvgIpc) is 3.05. The molecule has 4 rings (SSSR count). The topological polar surface area (TPSA) is 31.6 Å². The summed E-state index contributed by atoms with van der Waals surface area (Å²) in [6, 6.07) is 31.9. The molecule has 4 aromatic rings. The van der Waals surface area contributed by atoms with E-state index in [1.807, 2.05) is 6.07 Å². The lowest BCUT2D eigenvalue weighted by atomic mass is 9.34. The van der Waals surface area contributed by atoms with Crippen LogP contribution in [0.3, 0.4) is 0 Å². The first kappa shape index (κ1) is 32.8. The van der Waals surface area contributed by atoms with Crippen molar-refractivity contribution in [3.05, 3.63) is 120 Å². The molecule has 42 heavy (non-hydrogen) atoms. The van der Waals surface area contributed by atoms with Crippen LogP contribution in [0, 0.1) is 0 Å². The van der Waals surface area contributed by atoms with Crippen molar-refractivity contribution in [2.45, 2.75) is 71.0 Å². The van der Waals surface area contributed by atoms with Gasteiger partial charge in [0.25, 0.3) is 0 Å². The number of aromatic nitrogens is 1. The van der Waals surface area contributed by atoms with E-state index in [2.05, 4.69) is 116 Å². The van der Waals surface area contributed by atoms with Gasteiger partial charge in [0.2, 0.25) is 0 Å². The molecule has 0 aliphatic heterocycles. The molecule has 222 valence electrons. The second kappa shape index (κ2) is 18.7. The summed E-state index contributed by atoms with van der Waals surface area (Å²) >= 11 is 0. The van der Waals surface area contributed by atoms with Gasteiger partial charge in [-0.3, -0.25) is 0 Å². The van der Waals surface area contributed by atoms with Gasteiger partial charge in [0.15, 0.2) is 19.1 Å². The number of nitrogens with zero attached hydrogens (tertiary/aromatic N) is 1. The van der Waals surface area contributed by atoms with Crippen LogP contribution in [0.25, 0.3) is 0 Å². The van der Waals surface area contributed by atoms with E-state index >= 15 is 0 Å². The summed E-state index contributed by atoms with van der Waals surface area (Å²) in [4.78, 5) is 0. The van der Waals surface area contributed by atoms with Gasteiger partial charge in [0, 0.05) is 18.6 Å². The molecule has 0 aliphatic rings. The molecule has 0 bridgehead atoms. The van der Waals surface area contributed by atoms with Crippen molar-refractivity contribution in [3.8, 4) is 17.2 Å². The summed E-state index contributed by atoms with van der Waals surface area (Å²) < 4.78 is 18.3. The highest BCUT2D eigenvalue weighted by molar-refractivity contribution is 6.59. The maximum Gasteiger partial charge on any atom is 0.168 e. The first-order valence-electron chi connectivity index (χ1n) is 15.4. The third-order valence-electron chi connectivity index (χ3n) is 7.84. The van der Waals surface area contributed by atoms with Crippen LogP contribution in [0.2, 0.25) is 0 Å². The highest BCUT2D eigenvalue weighted by Gasteiger charge is 2.27. The van der Waals surface area contributed by atoms with Crippen molar-refractivity contribution < 1.29 is 18.8 Å². The maximum atomic E-state index is 5.40. The van der Waals surface area contributed by atoms with Gasteiger partial charge in [-0.15, -0.1) is 0 Å². The zero-order chi connectivity index (χ0) is 30.0. The second-order valence-electron chi connectivity index (χ2n) is 10.9. The van der Waals surface area contributed by atoms with Crippen LogP contribution in [0.5, 0.6) is 17.2 Å². The summed E-state index contributed by atoms with van der Waals surface area (Å²) in [5.74, 6) is 3.19. The molecule has 1 aromatic heterocycles. The molecule has 0 fully saturated rings. The Balaban J connectivity index is 0.000000408. The van der Waals surface area contributed by atoms with Crippen molar-refractivity contribution in [2.75, 3.05) is 21.3 Å². The quantitative estimate of drug-likeness (QED) is 0.107. The van der Waals surface area contributed by atoms with Crippen molar-refractivity contribution in [1.29, 1.82) is 0 Å². The van der Waals surface area contributed by atoms with Crippen LogP contribution in [0.1, 0.15) is 68.5 Å². The van der Waals surface area contributed by atoms with Gasteiger partial charge in [-0.2, -0.15) is 0 Å². The molecular formula is C37H49BNO3+. The first-order chi connectivity index (χ1) is 20.6. The molecule has 3 aromatic carbocycles. The van der Waals surface area contributed by atoms with E-state index in [4.69, 9.17) is 14.2 Å². The third kappa shape index (κ3) is 10.9. The van der Waals surface area contributed by atoms with E-state index in [9.17, 15) is 0 Å². The van der Waals surface area contributed by atoms with Crippen molar-refractivity contribution >= 4 is 6.71 Å². The van der Waals surface area contributed by atoms with E-state index in [0.717, 1.165) is 36.4 Å². The number of aryl methyl sites for hydroxylation is 1. The molecule has 0 amide bonds. The predicted octanol–water partition coefficient (Wildman–Crippen LogP) is 8.36. The summed E-state index contributed by atoms with van der Waals surface area (Å²) in [6.07, 6.45) is 12.4. The zero-order valence-electron chi connectivity index (χ0n) is 26.3. The Morgan fingerprint density at radius 1 is 0.595 bits per heavy atom. The fraction of sp³-hybridized carbons (Fsp3) is 0.378. The molecular weight excluding hydrogens is 517 g/mol. The zero-order valence-corrected chi connectivity index (χ0v) is 26.3. The lowest BCUT2D eigenvalue weighted by Gasteiger charge is -2.26. The standard InChI is InChI=1S/C28H35BO3.C9H14N/c1-5-6-7-28(24-12-18-27(32-4)19-13-24)29(20-22-8-14-25(30-2)15-9-22)21-23-10-16-26(31-3)17-11-23;1-2-3-7-10-8-5-4-6-9-10/h8-19,28H,5-7,20-21H2,1-4H3;4-6,8-9H,2-3,7H2,1H3/q;+1. The fourth-order valence-electron chi connectivity index (χ4n) is 5.36. The SMILES string of the molecule is CCCCC(B(Cc1ccc(OC)cc1)Cc1ccc(OC)cc1)c1ccc(OC)cc1.CCCC[n+]1ccccc1. The molecule has 0 N–H and O–H groups in total. The molecule has 4 nitrogen and oxygen atoms in total. The molecule has 1 unspecified atom stereocenters. The molecule has 0 aliphatic carbocycles. The summed E-state index contributed by atoms with van der Waals surface area (Å²) in [6.45, 7) is 6.12. The molecule has 0 spiro atoms. The number of benzene rings is 3. The van der Waals surface area contributed by atoms with Gasteiger partial charge in [-0.05, 0) is 54.9 Å². The van der Waals surface area contributed by atoms with Crippen LogP contribution < -0.4 is 18.8 Å². The summed E-state index contributed by atoms with van der Waals surface area (Å²) in [7, 11) is 5.15. The Labute approximate surface area is 254 Å². The van der Waals surface area contributed by atoms with E-state index in [0.29, 0.717) is 12.5 Å². The lowest BCUT2D eigenvalue weighted by molar-refractivity contribution is -0.697. The van der Waals surface area contributed by atoms with Gasteiger partial charge in [0.1, 0.15) is 23.8 Å². The predicted molar refractivity (Wildman–Crippen MR) is 176 cm³/mol. The Morgan fingerprint density at radius 2 is 1.05 bits per heavy atom. The number of pyridine rings is 1. The molecule has 0 saturated heterocycles. The second-order valence-corrected chi connectivity index (χ2v) is 10.9. The summed E-state index contributed by atoms with van der Waals surface area (Å²) in [5, 5.41) is 0. The average molecular weight is 567 g/mol. The monoisotopic (exact) mass is 566 g/mol. The minimum atomic E-state index is 0.477. The number of unbranched alkanes of at least 4 members (excludes halogenated alkanes) is 2. The Bertz CT molecular complexity index is 1200. The third-order valence-corrected chi connectivity index (χ3v) is 7.84. The molecule has 0 radical (unpaired) electrons. The van der Waals surface area contributed by atoms with Crippen LogP contribution in [-0.2, 0) is 19.2 Å². The Hall–Kier alpha value is -3.73. The first-order valence-corrected chi connectivity index (χ1v) is 15.4. The Morgan fingerprint density at radius 3 is 1.48 bits per heavy atom. The van der Waals surface area contributed by atoms with Crippen LogP contribution in [0.4, 0.5) is 0 Å². The van der Waals surface area contributed by atoms with Crippen LogP contribution in [-0.4, -0.2) is 28.0 Å². The van der Waals surface area contributed by atoms with E-state index in [1.165, 1.54) is 48.8 Å². The van der Waals surface area contributed by atoms with Gasteiger partial charge in [-0.25, -0.2) is 4.57 Å². The lowest BCUT2D eigenvalue weighted by Crippen LogP contribution is -2.31. The minimum absolute atomic E-state index is 0.477. The Kier molecular flexibility index (Phi) is 14.6. The van der Waals surface area contributed by atoms with Crippen molar-refractivity contribution in [2.24, 2.45) is 0 Å². The van der Waals surface area contributed by atoms with E-state index < -0.39 is 0 Å². The number of ether oxygens (including phenoxy) is 3. The van der Waals surface area contributed by atoms with Gasteiger partial charge in [0.05, 0.1) is 21.3 Å². The highest BCUT2D eigenvalue weighted by Crippen LogP contribution is 2.31. The smallest absolute Gasteiger partial charge is 0.168 e. The maximum absolute atomic E-state index is 5.40. The largest absolute Gasteiger partial charge is 0.497 e.